The first-order valence-electron chi connectivity index (χ1n) is 10.6. The van der Waals surface area contributed by atoms with E-state index in [0.29, 0.717) is 24.8 Å². The fourth-order valence-corrected chi connectivity index (χ4v) is 7.89. The Hall–Kier alpha value is -1.44. The molecule has 2 spiro atoms. The van der Waals surface area contributed by atoms with Crippen molar-refractivity contribution in [2.24, 2.45) is 34.0 Å². The minimum atomic E-state index is -1.18. The van der Waals surface area contributed by atoms with E-state index in [1.807, 2.05) is 0 Å². The maximum Gasteiger partial charge on any atom is 0.316 e. The second-order valence-corrected chi connectivity index (χ2v) is 10.5. The van der Waals surface area contributed by atoms with E-state index in [4.69, 9.17) is 14.2 Å². The van der Waals surface area contributed by atoms with Crippen LogP contribution in [0, 0.1) is 34.0 Å². The van der Waals surface area contributed by atoms with Crippen LogP contribution in [0.2, 0.25) is 0 Å². The summed E-state index contributed by atoms with van der Waals surface area (Å²) in [5.41, 5.74) is -1.47. The quantitative estimate of drug-likeness (QED) is 0.503. The highest BCUT2D eigenvalue weighted by molar-refractivity contribution is 5.83. The highest BCUT2D eigenvalue weighted by Gasteiger charge is 2.79. The smallest absolute Gasteiger partial charge is 0.316 e. The van der Waals surface area contributed by atoms with Crippen LogP contribution in [-0.4, -0.2) is 53.4 Å². The Labute approximate surface area is 170 Å². The maximum atomic E-state index is 13.5. The van der Waals surface area contributed by atoms with Gasteiger partial charge in [0.2, 0.25) is 0 Å². The molecule has 3 aliphatic carbocycles. The Balaban J connectivity index is 1.72. The van der Waals surface area contributed by atoms with E-state index in [1.165, 1.54) is 6.92 Å². The second kappa shape index (κ2) is 5.83. The van der Waals surface area contributed by atoms with Crippen molar-refractivity contribution in [3.63, 3.8) is 0 Å². The van der Waals surface area contributed by atoms with Crippen molar-refractivity contribution >= 4 is 11.9 Å². The van der Waals surface area contributed by atoms with Crippen molar-refractivity contribution in [2.45, 2.75) is 71.1 Å². The fourth-order valence-electron chi connectivity index (χ4n) is 7.89. The molecule has 2 saturated heterocycles. The van der Waals surface area contributed by atoms with Gasteiger partial charge in [-0.2, -0.15) is 0 Å². The number of aliphatic hydroxyl groups is 2. The summed E-state index contributed by atoms with van der Waals surface area (Å²) in [6, 6.07) is 0. The van der Waals surface area contributed by atoms with Crippen molar-refractivity contribution in [3.8, 4) is 0 Å². The first kappa shape index (κ1) is 19.5. The lowest BCUT2D eigenvalue weighted by Gasteiger charge is -2.63. The number of carbonyl (C=O) groups excluding carboxylic acids is 2. The summed E-state index contributed by atoms with van der Waals surface area (Å²) in [7, 11) is 0. The molecule has 0 aromatic heterocycles. The summed E-state index contributed by atoms with van der Waals surface area (Å²) < 4.78 is 17.5. The molecule has 2 aliphatic heterocycles. The molecule has 2 N–H and O–H groups in total. The summed E-state index contributed by atoms with van der Waals surface area (Å²) in [6.07, 6.45) is -0.660. The maximum absolute atomic E-state index is 13.5. The number of aliphatic hydroxyl groups excluding tert-OH is 2. The molecule has 0 radical (unpaired) electrons. The average molecular weight is 406 g/mol. The van der Waals surface area contributed by atoms with E-state index in [-0.39, 0.29) is 23.9 Å². The van der Waals surface area contributed by atoms with Crippen LogP contribution in [0.3, 0.4) is 0 Å². The van der Waals surface area contributed by atoms with E-state index in [2.05, 4.69) is 20.4 Å². The van der Waals surface area contributed by atoms with Gasteiger partial charge in [-0.05, 0) is 42.6 Å². The van der Waals surface area contributed by atoms with Gasteiger partial charge in [-0.25, -0.2) is 0 Å². The minimum absolute atomic E-state index is 0.103. The van der Waals surface area contributed by atoms with Gasteiger partial charge in [0.05, 0.1) is 12.7 Å². The Bertz CT molecular complexity index is 790. The van der Waals surface area contributed by atoms with Crippen LogP contribution in [-0.2, 0) is 23.8 Å². The van der Waals surface area contributed by atoms with E-state index in [0.717, 1.165) is 6.42 Å². The van der Waals surface area contributed by atoms with Crippen LogP contribution < -0.4 is 0 Å². The van der Waals surface area contributed by atoms with Crippen LogP contribution in [0.15, 0.2) is 12.2 Å². The van der Waals surface area contributed by atoms with Gasteiger partial charge in [-0.3, -0.25) is 9.59 Å². The van der Waals surface area contributed by atoms with Gasteiger partial charge in [0, 0.05) is 24.2 Å². The van der Waals surface area contributed by atoms with Gasteiger partial charge in [0.15, 0.2) is 6.29 Å². The molecule has 5 rings (SSSR count). The van der Waals surface area contributed by atoms with Crippen LogP contribution in [0.25, 0.3) is 0 Å². The van der Waals surface area contributed by atoms with Crippen LogP contribution in [0.1, 0.15) is 46.5 Å². The first-order valence-corrected chi connectivity index (χ1v) is 10.6. The number of rotatable bonds is 1. The van der Waals surface area contributed by atoms with Crippen molar-refractivity contribution in [1.82, 2.24) is 0 Å². The molecule has 7 nitrogen and oxygen atoms in total. The number of carbonyl (C=O) groups is 2. The number of hydrogen-bond acceptors (Lipinski definition) is 7. The van der Waals surface area contributed by atoms with Gasteiger partial charge < -0.3 is 24.4 Å². The zero-order valence-electron chi connectivity index (χ0n) is 17.2. The summed E-state index contributed by atoms with van der Waals surface area (Å²) in [5.74, 6) is -1.81. The normalized spacial score (nSPS) is 52.2. The predicted molar refractivity (Wildman–Crippen MR) is 100 cm³/mol. The molecular weight excluding hydrogens is 376 g/mol. The molecule has 5 fully saturated rings. The minimum Gasteiger partial charge on any atom is -0.461 e. The third-order valence-corrected chi connectivity index (χ3v) is 8.73. The predicted octanol–water partition coefficient (Wildman–Crippen LogP) is 1.56. The SMILES string of the molecule is C=C1C2CC(O)C3C(C2)(C(=O)OC2CCC(C)(C)[C@H]4[C@H](O)OCC234)C1OC(C)=O. The Morgan fingerprint density at radius 2 is 2.00 bits per heavy atom. The van der Waals surface area contributed by atoms with Gasteiger partial charge in [-0.15, -0.1) is 0 Å². The Morgan fingerprint density at radius 3 is 2.69 bits per heavy atom. The van der Waals surface area contributed by atoms with Crippen LogP contribution in [0.5, 0.6) is 0 Å². The molecule has 7 unspecified atom stereocenters. The lowest BCUT2D eigenvalue weighted by atomic mass is 9.43. The van der Waals surface area contributed by atoms with E-state index in [9.17, 15) is 19.8 Å². The zero-order valence-corrected chi connectivity index (χ0v) is 17.2. The molecule has 2 heterocycles. The van der Waals surface area contributed by atoms with Gasteiger partial charge in [-0.1, -0.05) is 20.4 Å². The largest absolute Gasteiger partial charge is 0.461 e. The van der Waals surface area contributed by atoms with Crippen molar-refractivity contribution in [1.29, 1.82) is 0 Å². The molecule has 5 aliphatic rings. The summed E-state index contributed by atoms with van der Waals surface area (Å²) in [6.45, 7) is 9.88. The lowest BCUT2D eigenvalue weighted by molar-refractivity contribution is -0.265. The highest BCUT2D eigenvalue weighted by atomic mass is 16.6. The molecule has 3 saturated carbocycles. The Kier molecular flexibility index (Phi) is 3.92. The van der Waals surface area contributed by atoms with Crippen molar-refractivity contribution in [2.75, 3.05) is 6.61 Å². The molecule has 0 amide bonds. The number of ether oxygens (including phenoxy) is 3. The number of esters is 2. The molecule has 9 atom stereocenters. The third-order valence-electron chi connectivity index (χ3n) is 8.73. The number of fused-ring (bicyclic) bond motifs is 1. The Morgan fingerprint density at radius 1 is 1.28 bits per heavy atom. The van der Waals surface area contributed by atoms with E-state index >= 15 is 0 Å². The molecule has 7 heteroatoms. The van der Waals surface area contributed by atoms with Gasteiger partial charge in [0.1, 0.15) is 17.6 Å². The summed E-state index contributed by atoms with van der Waals surface area (Å²) in [4.78, 5) is 25.4. The van der Waals surface area contributed by atoms with Gasteiger partial charge in [0.25, 0.3) is 0 Å². The molecule has 160 valence electrons. The molecule has 0 aromatic rings. The van der Waals surface area contributed by atoms with Gasteiger partial charge >= 0.3 is 11.9 Å². The molecular formula is C22H30O7. The lowest BCUT2D eigenvalue weighted by Crippen LogP contribution is -2.71. The monoisotopic (exact) mass is 406 g/mol. The molecule has 0 aromatic carbocycles. The number of hydrogen-bond donors (Lipinski definition) is 2. The summed E-state index contributed by atoms with van der Waals surface area (Å²) >= 11 is 0. The highest BCUT2D eigenvalue weighted by Crippen LogP contribution is 2.72. The van der Waals surface area contributed by atoms with Crippen molar-refractivity contribution < 1.29 is 34.0 Å². The van der Waals surface area contributed by atoms with E-state index in [1.54, 1.807) is 0 Å². The fraction of sp³-hybridized carbons (Fsp3) is 0.818. The zero-order chi connectivity index (χ0) is 20.9. The van der Waals surface area contributed by atoms with Crippen LogP contribution in [0.4, 0.5) is 0 Å². The third kappa shape index (κ3) is 2.19. The second-order valence-electron chi connectivity index (χ2n) is 10.5. The topological polar surface area (TPSA) is 102 Å². The molecule has 2 bridgehead atoms. The van der Waals surface area contributed by atoms with Crippen LogP contribution >= 0.6 is 0 Å². The summed E-state index contributed by atoms with van der Waals surface area (Å²) in [5, 5.41) is 22.2. The first-order chi connectivity index (χ1) is 13.6. The molecule has 29 heavy (non-hydrogen) atoms. The standard InChI is InChI=1S/C22H30O7/c1-10-12-7-13(24)15-21(8-12,17(10)28-11(2)23)19(26)29-14-5-6-20(3,4)16-18(25)27-9-22(14,15)16/h12-18,24-25H,1,5-9H2,2-4H3/t12?,13?,14?,15?,16-,17?,18-,21?,22?/m1/s1. The average Bonchev–Trinajstić information content (AvgIpc) is 3.07. The van der Waals surface area contributed by atoms with Crippen molar-refractivity contribution in [3.05, 3.63) is 12.2 Å². The van der Waals surface area contributed by atoms with E-state index < -0.39 is 53.3 Å².